The highest BCUT2D eigenvalue weighted by Gasteiger charge is 2.31. The molecule has 2 aromatic rings. The van der Waals surface area contributed by atoms with Crippen LogP contribution in [0, 0.1) is 0 Å². The Morgan fingerprint density at radius 3 is 2.37 bits per heavy atom. The van der Waals surface area contributed by atoms with Gasteiger partial charge >= 0.3 is 6.18 Å². The second-order valence-corrected chi connectivity index (χ2v) is 8.01. The lowest BCUT2D eigenvalue weighted by Gasteiger charge is -2.34. The summed E-state index contributed by atoms with van der Waals surface area (Å²) < 4.78 is 44.7. The van der Waals surface area contributed by atoms with Crippen molar-refractivity contribution < 1.29 is 22.8 Å². The normalized spacial score (nSPS) is 15.4. The Balaban J connectivity index is 1.45. The Kier molecular flexibility index (Phi) is 8.02. The zero-order valence-corrected chi connectivity index (χ0v) is 17.7. The van der Waals surface area contributed by atoms with Crippen LogP contribution in [0.3, 0.4) is 0 Å². The molecule has 0 bridgehead atoms. The third-order valence-electron chi connectivity index (χ3n) is 5.65. The Bertz CT molecular complexity index is 769. The predicted molar refractivity (Wildman–Crippen MR) is 114 cm³/mol. The first kappa shape index (κ1) is 22.5. The molecular weight excluding hydrogens is 389 g/mol. The molecule has 0 aliphatic carbocycles. The number of nitrogens with zero attached hydrogens (tertiary/aromatic N) is 1. The first-order valence-corrected chi connectivity index (χ1v) is 10.9. The van der Waals surface area contributed by atoms with Gasteiger partial charge in [-0.1, -0.05) is 32.3 Å². The van der Waals surface area contributed by atoms with E-state index in [1.165, 1.54) is 41.9 Å². The minimum Gasteiger partial charge on any atom is -0.494 e. The summed E-state index contributed by atoms with van der Waals surface area (Å²) in [5, 5.41) is 0. The number of benzene rings is 2. The van der Waals surface area contributed by atoms with Gasteiger partial charge in [-0.15, -0.1) is 0 Å². The van der Waals surface area contributed by atoms with E-state index in [4.69, 9.17) is 4.74 Å². The Morgan fingerprint density at radius 2 is 1.70 bits per heavy atom. The standard InChI is InChI=1S/C24H31F3N2O/c1-2-3-4-5-17-30-23-11-9-20(10-12-23)19-28-13-15-29(16-14-28)22-8-6-7-21(18-22)24(25,26)27/h6-12,18H,2-5,13-17,19H2,1H3/p+1. The molecule has 1 heterocycles. The molecule has 3 rings (SSSR count). The van der Waals surface area contributed by atoms with Gasteiger partial charge in [0, 0.05) is 11.3 Å². The highest BCUT2D eigenvalue weighted by atomic mass is 19.4. The number of unbranched alkanes of at least 4 members (excludes halogenated alkanes) is 3. The van der Waals surface area contributed by atoms with Gasteiger partial charge in [0.1, 0.15) is 12.3 Å². The molecule has 1 N–H and O–H groups in total. The van der Waals surface area contributed by atoms with Crippen molar-refractivity contribution in [1.82, 2.24) is 0 Å². The van der Waals surface area contributed by atoms with Crippen LogP contribution in [-0.2, 0) is 12.7 Å². The molecule has 0 amide bonds. The van der Waals surface area contributed by atoms with Gasteiger partial charge in [0.25, 0.3) is 0 Å². The van der Waals surface area contributed by atoms with Crippen molar-refractivity contribution in [1.29, 1.82) is 0 Å². The zero-order chi connectivity index (χ0) is 21.4. The molecule has 0 radical (unpaired) electrons. The minimum absolute atomic E-state index is 0.581. The van der Waals surface area contributed by atoms with Crippen LogP contribution >= 0.6 is 0 Å². The fourth-order valence-corrected chi connectivity index (χ4v) is 3.85. The molecule has 0 spiro atoms. The molecule has 0 aromatic heterocycles. The summed E-state index contributed by atoms with van der Waals surface area (Å²) in [5.41, 5.74) is 1.34. The van der Waals surface area contributed by atoms with Gasteiger partial charge in [0.05, 0.1) is 38.3 Å². The molecule has 1 aliphatic heterocycles. The maximum absolute atomic E-state index is 13.0. The van der Waals surface area contributed by atoms with Crippen LogP contribution in [0.4, 0.5) is 18.9 Å². The lowest BCUT2D eigenvalue weighted by Crippen LogP contribution is -3.13. The number of quaternary nitrogens is 1. The van der Waals surface area contributed by atoms with Gasteiger partial charge in [-0.3, -0.25) is 0 Å². The van der Waals surface area contributed by atoms with Crippen LogP contribution in [-0.4, -0.2) is 32.8 Å². The van der Waals surface area contributed by atoms with Gasteiger partial charge in [-0.2, -0.15) is 13.2 Å². The van der Waals surface area contributed by atoms with Crippen molar-refractivity contribution in [3.05, 3.63) is 59.7 Å². The van der Waals surface area contributed by atoms with Gasteiger partial charge < -0.3 is 14.5 Å². The van der Waals surface area contributed by atoms with E-state index < -0.39 is 11.7 Å². The topological polar surface area (TPSA) is 16.9 Å². The van der Waals surface area contributed by atoms with Crippen molar-refractivity contribution in [3.8, 4) is 5.75 Å². The lowest BCUT2D eigenvalue weighted by molar-refractivity contribution is -0.914. The van der Waals surface area contributed by atoms with Crippen molar-refractivity contribution >= 4 is 5.69 Å². The molecule has 0 unspecified atom stereocenters. The summed E-state index contributed by atoms with van der Waals surface area (Å²) in [7, 11) is 0. The van der Waals surface area contributed by atoms with E-state index in [1.54, 1.807) is 6.07 Å². The second kappa shape index (κ2) is 10.7. The van der Waals surface area contributed by atoms with Crippen molar-refractivity contribution in [2.45, 2.75) is 45.3 Å². The predicted octanol–water partition coefficient (Wildman–Crippen LogP) is 4.57. The SMILES string of the molecule is CCCCCCOc1ccc(C[NH+]2CCN(c3cccc(C(F)(F)F)c3)CC2)cc1. The van der Waals surface area contributed by atoms with Crippen molar-refractivity contribution in [2.75, 3.05) is 37.7 Å². The molecule has 1 saturated heterocycles. The number of halogens is 3. The summed E-state index contributed by atoms with van der Waals surface area (Å²) >= 11 is 0. The Hall–Kier alpha value is -2.21. The molecule has 164 valence electrons. The van der Waals surface area contributed by atoms with E-state index in [2.05, 4.69) is 19.1 Å². The summed E-state index contributed by atoms with van der Waals surface area (Å²) in [6, 6.07) is 13.9. The lowest BCUT2D eigenvalue weighted by atomic mass is 10.1. The first-order valence-electron chi connectivity index (χ1n) is 10.9. The average Bonchev–Trinajstić information content (AvgIpc) is 2.75. The summed E-state index contributed by atoms with van der Waals surface area (Å²) in [6.45, 7) is 7.23. The summed E-state index contributed by atoms with van der Waals surface area (Å²) in [4.78, 5) is 3.50. The summed E-state index contributed by atoms with van der Waals surface area (Å²) in [5.74, 6) is 0.916. The number of alkyl halides is 3. The third kappa shape index (κ3) is 6.66. The maximum Gasteiger partial charge on any atom is 0.416 e. The molecule has 1 fully saturated rings. The minimum atomic E-state index is -4.30. The molecule has 30 heavy (non-hydrogen) atoms. The van der Waals surface area contributed by atoms with Crippen molar-refractivity contribution in [2.24, 2.45) is 0 Å². The van der Waals surface area contributed by atoms with E-state index in [9.17, 15) is 13.2 Å². The zero-order valence-electron chi connectivity index (χ0n) is 17.7. The number of piperazine rings is 1. The van der Waals surface area contributed by atoms with Gasteiger partial charge in [0.2, 0.25) is 0 Å². The second-order valence-electron chi connectivity index (χ2n) is 8.01. The van der Waals surface area contributed by atoms with Gasteiger partial charge in [-0.25, -0.2) is 0 Å². The molecule has 2 aromatic carbocycles. The molecule has 1 aliphatic rings. The molecular formula is C24H32F3N2O+. The van der Waals surface area contributed by atoms with E-state index in [1.807, 2.05) is 17.0 Å². The van der Waals surface area contributed by atoms with Crippen molar-refractivity contribution in [3.63, 3.8) is 0 Å². The smallest absolute Gasteiger partial charge is 0.416 e. The van der Waals surface area contributed by atoms with Gasteiger partial charge in [-0.05, 0) is 48.9 Å². The highest BCUT2D eigenvalue weighted by Crippen LogP contribution is 2.31. The van der Waals surface area contributed by atoms with Crippen LogP contribution < -0.4 is 14.5 Å². The average molecular weight is 422 g/mol. The van der Waals surface area contributed by atoms with Crippen LogP contribution in [0.1, 0.15) is 43.7 Å². The Morgan fingerprint density at radius 1 is 0.967 bits per heavy atom. The van der Waals surface area contributed by atoms with Crippen LogP contribution in [0.15, 0.2) is 48.5 Å². The number of hydrogen-bond acceptors (Lipinski definition) is 2. The van der Waals surface area contributed by atoms with E-state index in [0.717, 1.165) is 57.6 Å². The Labute approximate surface area is 177 Å². The van der Waals surface area contributed by atoms with Crippen LogP contribution in [0.5, 0.6) is 5.75 Å². The monoisotopic (exact) mass is 421 g/mol. The fourth-order valence-electron chi connectivity index (χ4n) is 3.85. The van der Waals surface area contributed by atoms with E-state index >= 15 is 0 Å². The number of nitrogens with one attached hydrogen (secondary N) is 1. The fraction of sp³-hybridized carbons (Fsp3) is 0.500. The molecule has 0 saturated carbocycles. The van der Waals surface area contributed by atoms with E-state index in [0.29, 0.717) is 5.69 Å². The quantitative estimate of drug-likeness (QED) is 0.598. The highest BCUT2D eigenvalue weighted by molar-refractivity contribution is 5.49. The molecule has 3 nitrogen and oxygen atoms in total. The van der Waals surface area contributed by atoms with Crippen LogP contribution in [0.2, 0.25) is 0 Å². The van der Waals surface area contributed by atoms with Crippen LogP contribution in [0.25, 0.3) is 0 Å². The number of ether oxygens (including phenoxy) is 1. The van der Waals surface area contributed by atoms with Gasteiger partial charge in [0.15, 0.2) is 0 Å². The maximum atomic E-state index is 13.0. The number of anilines is 1. The third-order valence-corrected chi connectivity index (χ3v) is 5.65. The first-order chi connectivity index (χ1) is 14.5. The molecule has 0 atom stereocenters. The van der Waals surface area contributed by atoms with E-state index in [-0.39, 0.29) is 0 Å². The molecule has 6 heteroatoms. The largest absolute Gasteiger partial charge is 0.494 e. The number of rotatable bonds is 9. The number of hydrogen-bond donors (Lipinski definition) is 1. The summed E-state index contributed by atoms with van der Waals surface area (Å²) in [6.07, 6.45) is 0.492.